The number of benzene rings is 2. The highest BCUT2D eigenvalue weighted by Gasteiger charge is 2.14. The summed E-state index contributed by atoms with van der Waals surface area (Å²) in [5.41, 5.74) is 3.92. The van der Waals surface area contributed by atoms with E-state index in [1.54, 1.807) is 0 Å². The molecule has 2 amide bonds. The highest BCUT2D eigenvalue weighted by Crippen LogP contribution is 2.22. The highest BCUT2D eigenvalue weighted by atomic mass is 16.3. The first-order chi connectivity index (χ1) is 11.5. The summed E-state index contributed by atoms with van der Waals surface area (Å²) in [5, 5.41) is 15.0. The number of carbonyl (C=O) groups is 1. The van der Waals surface area contributed by atoms with Crippen LogP contribution in [0.5, 0.6) is 0 Å². The molecular formula is C19H25N3O2. The molecular weight excluding hydrogens is 302 g/mol. The van der Waals surface area contributed by atoms with E-state index in [1.807, 2.05) is 74.4 Å². The van der Waals surface area contributed by atoms with Crippen LogP contribution in [-0.4, -0.2) is 31.8 Å². The number of rotatable bonds is 6. The Morgan fingerprint density at radius 2 is 1.88 bits per heavy atom. The number of aryl methyl sites for hydroxylation is 1. The second-order valence-corrected chi connectivity index (χ2v) is 5.97. The summed E-state index contributed by atoms with van der Waals surface area (Å²) in [7, 11) is 3.98. The Labute approximate surface area is 143 Å². The lowest BCUT2D eigenvalue weighted by Crippen LogP contribution is -2.33. The van der Waals surface area contributed by atoms with Crippen molar-refractivity contribution in [3.8, 4) is 0 Å². The maximum atomic E-state index is 12.3. The molecule has 0 aliphatic heterocycles. The van der Waals surface area contributed by atoms with Crippen LogP contribution < -0.4 is 15.5 Å². The van der Waals surface area contributed by atoms with Crippen LogP contribution in [0.4, 0.5) is 16.2 Å². The Kier molecular flexibility index (Phi) is 6.21. The SMILES string of the molecule is Cc1cc(NC(=O)N[C@H](CCO)c2ccccc2)ccc1N(C)C. The number of nitrogens with one attached hydrogen (secondary N) is 2. The Morgan fingerprint density at radius 3 is 2.46 bits per heavy atom. The molecule has 0 unspecified atom stereocenters. The topological polar surface area (TPSA) is 64.6 Å². The number of nitrogens with zero attached hydrogens (tertiary/aromatic N) is 1. The van der Waals surface area contributed by atoms with Gasteiger partial charge < -0.3 is 20.6 Å². The molecule has 0 heterocycles. The van der Waals surface area contributed by atoms with Gasteiger partial charge in [0.1, 0.15) is 0 Å². The summed E-state index contributed by atoms with van der Waals surface area (Å²) in [5.74, 6) is 0. The zero-order valence-electron chi connectivity index (χ0n) is 14.4. The second-order valence-electron chi connectivity index (χ2n) is 5.97. The maximum Gasteiger partial charge on any atom is 0.319 e. The van der Waals surface area contributed by atoms with Crippen LogP contribution in [-0.2, 0) is 0 Å². The van der Waals surface area contributed by atoms with E-state index in [-0.39, 0.29) is 18.7 Å². The van der Waals surface area contributed by atoms with E-state index in [1.165, 1.54) is 0 Å². The largest absolute Gasteiger partial charge is 0.396 e. The van der Waals surface area contributed by atoms with Crippen LogP contribution in [0, 0.1) is 6.92 Å². The van der Waals surface area contributed by atoms with Crippen molar-refractivity contribution in [2.45, 2.75) is 19.4 Å². The molecule has 2 aromatic rings. The van der Waals surface area contributed by atoms with E-state index in [9.17, 15) is 9.90 Å². The van der Waals surface area contributed by atoms with Gasteiger partial charge in [-0.2, -0.15) is 0 Å². The molecule has 128 valence electrons. The van der Waals surface area contributed by atoms with Gasteiger partial charge in [-0.15, -0.1) is 0 Å². The third-order valence-electron chi connectivity index (χ3n) is 3.86. The van der Waals surface area contributed by atoms with Gasteiger partial charge in [-0.3, -0.25) is 0 Å². The molecule has 0 aliphatic rings. The van der Waals surface area contributed by atoms with Gasteiger partial charge in [-0.1, -0.05) is 30.3 Å². The fourth-order valence-corrected chi connectivity index (χ4v) is 2.70. The number of urea groups is 1. The number of amides is 2. The minimum atomic E-state index is -0.283. The molecule has 0 saturated carbocycles. The van der Waals surface area contributed by atoms with Crippen molar-refractivity contribution in [1.82, 2.24) is 5.32 Å². The Balaban J connectivity index is 2.04. The first-order valence-electron chi connectivity index (χ1n) is 8.02. The van der Waals surface area contributed by atoms with Gasteiger partial charge in [0.2, 0.25) is 0 Å². The summed E-state index contributed by atoms with van der Waals surface area (Å²) in [6, 6.07) is 14.9. The second kappa shape index (κ2) is 8.36. The Bertz CT molecular complexity index is 672. The molecule has 0 aliphatic carbocycles. The molecule has 1 atom stereocenters. The van der Waals surface area contributed by atoms with Crippen molar-refractivity contribution >= 4 is 17.4 Å². The lowest BCUT2D eigenvalue weighted by molar-refractivity contribution is 0.239. The molecule has 3 N–H and O–H groups in total. The quantitative estimate of drug-likeness (QED) is 0.763. The highest BCUT2D eigenvalue weighted by molar-refractivity contribution is 5.90. The molecule has 0 aromatic heterocycles. The summed E-state index contributed by atoms with van der Waals surface area (Å²) < 4.78 is 0. The molecule has 0 spiro atoms. The summed E-state index contributed by atoms with van der Waals surface area (Å²) in [6.07, 6.45) is 0.468. The number of aliphatic hydroxyl groups is 1. The molecule has 0 bridgehead atoms. The minimum absolute atomic E-state index is 0.0104. The van der Waals surface area contributed by atoms with E-state index in [4.69, 9.17) is 0 Å². The van der Waals surface area contributed by atoms with Gasteiger partial charge in [0, 0.05) is 32.1 Å². The van der Waals surface area contributed by atoms with Crippen molar-refractivity contribution in [2.24, 2.45) is 0 Å². The number of hydrogen-bond donors (Lipinski definition) is 3. The lowest BCUT2D eigenvalue weighted by Gasteiger charge is -2.20. The van der Waals surface area contributed by atoms with Crippen LogP contribution >= 0.6 is 0 Å². The molecule has 24 heavy (non-hydrogen) atoms. The van der Waals surface area contributed by atoms with Crippen molar-refractivity contribution in [1.29, 1.82) is 0 Å². The van der Waals surface area contributed by atoms with Gasteiger partial charge >= 0.3 is 6.03 Å². The minimum Gasteiger partial charge on any atom is -0.396 e. The normalized spacial score (nSPS) is 11.7. The summed E-state index contributed by atoms with van der Waals surface area (Å²) >= 11 is 0. The van der Waals surface area contributed by atoms with E-state index < -0.39 is 0 Å². The fraction of sp³-hybridized carbons (Fsp3) is 0.316. The third-order valence-corrected chi connectivity index (χ3v) is 3.86. The summed E-state index contributed by atoms with van der Waals surface area (Å²) in [6.45, 7) is 2.02. The Hall–Kier alpha value is -2.53. The smallest absolute Gasteiger partial charge is 0.319 e. The van der Waals surface area contributed by atoms with Crippen LogP contribution in [0.2, 0.25) is 0 Å². The van der Waals surface area contributed by atoms with Crippen molar-refractivity contribution < 1.29 is 9.90 Å². The monoisotopic (exact) mass is 327 g/mol. The average molecular weight is 327 g/mol. The van der Waals surface area contributed by atoms with Crippen LogP contribution in [0.1, 0.15) is 23.6 Å². The lowest BCUT2D eigenvalue weighted by atomic mass is 10.0. The average Bonchev–Trinajstić information content (AvgIpc) is 2.55. The number of anilines is 2. The zero-order valence-corrected chi connectivity index (χ0v) is 14.4. The third kappa shape index (κ3) is 4.73. The molecule has 5 nitrogen and oxygen atoms in total. The predicted molar refractivity (Wildman–Crippen MR) is 98.5 cm³/mol. The first kappa shape index (κ1) is 17.8. The number of aliphatic hydroxyl groups excluding tert-OH is 1. The number of hydrogen-bond acceptors (Lipinski definition) is 3. The molecule has 0 radical (unpaired) electrons. The predicted octanol–water partition coefficient (Wildman–Crippen LogP) is 3.31. The van der Waals surface area contributed by atoms with Crippen molar-refractivity contribution in [3.63, 3.8) is 0 Å². The number of carbonyl (C=O) groups excluding carboxylic acids is 1. The molecule has 0 saturated heterocycles. The summed E-state index contributed by atoms with van der Waals surface area (Å²) in [4.78, 5) is 14.3. The first-order valence-corrected chi connectivity index (χ1v) is 8.02. The molecule has 5 heteroatoms. The van der Waals surface area contributed by atoms with Gasteiger partial charge in [-0.05, 0) is 42.7 Å². The Morgan fingerprint density at radius 1 is 1.17 bits per heavy atom. The van der Waals surface area contributed by atoms with Crippen LogP contribution in [0.25, 0.3) is 0 Å². The van der Waals surface area contributed by atoms with Crippen molar-refractivity contribution in [3.05, 3.63) is 59.7 Å². The van der Waals surface area contributed by atoms with E-state index in [2.05, 4.69) is 10.6 Å². The van der Waals surface area contributed by atoms with E-state index >= 15 is 0 Å². The van der Waals surface area contributed by atoms with Gasteiger partial charge in [0.05, 0.1) is 6.04 Å². The van der Waals surface area contributed by atoms with Crippen LogP contribution in [0.3, 0.4) is 0 Å². The fourth-order valence-electron chi connectivity index (χ4n) is 2.70. The molecule has 2 aromatic carbocycles. The van der Waals surface area contributed by atoms with Gasteiger partial charge in [0.25, 0.3) is 0 Å². The maximum absolute atomic E-state index is 12.3. The molecule has 0 fully saturated rings. The van der Waals surface area contributed by atoms with Crippen molar-refractivity contribution in [2.75, 3.05) is 30.9 Å². The van der Waals surface area contributed by atoms with E-state index in [0.29, 0.717) is 6.42 Å². The van der Waals surface area contributed by atoms with Gasteiger partial charge in [-0.25, -0.2) is 4.79 Å². The molecule has 2 rings (SSSR count). The van der Waals surface area contributed by atoms with Gasteiger partial charge in [0.15, 0.2) is 0 Å². The van der Waals surface area contributed by atoms with Crippen LogP contribution in [0.15, 0.2) is 48.5 Å². The van der Waals surface area contributed by atoms with E-state index in [0.717, 1.165) is 22.5 Å². The standard InChI is InChI=1S/C19H25N3O2/c1-14-13-16(9-10-18(14)22(2)3)20-19(24)21-17(11-12-23)15-7-5-4-6-8-15/h4-10,13,17,23H,11-12H2,1-3H3,(H2,20,21,24)/t17-/m1/s1. The zero-order chi connectivity index (χ0) is 17.5.